The Morgan fingerprint density at radius 2 is 2.15 bits per heavy atom. The fraction of sp³-hybridized carbons (Fsp3) is 0.111. The first-order chi connectivity index (χ1) is 6.25. The Hall–Kier alpha value is -1.71. The van der Waals surface area contributed by atoms with Crippen LogP contribution < -0.4 is 0 Å². The molecule has 2 heterocycles. The smallest absolute Gasteiger partial charge is 0.191 e. The van der Waals surface area contributed by atoms with Crippen molar-refractivity contribution in [2.45, 2.75) is 6.92 Å². The molecule has 0 aliphatic carbocycles. The van der Waals surface area contributed by atoms with Gasteiger partial charge in [0.15, 0.2) is 11.7 Å². The van der Waals surface area contributed by atoms with Gasteiger partial charge in [-0.25, -0.2) is 9.37 Å². The van der Waals surface area contributed by atoms with Gasteiger partial charge in [0, 0.05) is 18.7 Å². The first kappa shape index (κ1) is 7.91. The topological polar surface area (TPSA) is 38.9 Å². The van der Waals surface area contributed by atoms with Crippen LogP contribution in [0.4, 0.5) is 4.39 Å². The van der Waals surface area contributed by atoms with Gasteiger partial charge in [0.05, 0.1) is 12.4 Å². The van der Waals surface area contributed by atoms with Crippen molar-refractivity contribution >= 4 is 0 Å². The fourth-order valence-corrected chi connectivity index (χ4v) is 1.04. The van der Waals surface area contributed by atoms with Crippen molar-refractivity contribution in [1.82, 2.24) is 9.97 Å². The second kappa shape index (κ2) is 2.97. The molecule has 0 spiro atoms. The molecule has 0 radical (unpaired) electrons. The zero-order valence-corrected chi connectivity index (χ0v) is 6.99. The van der Waals surface area contributed by atoms with Crippen LogP contribution in [0.25, 0.3) is 11.3 Å². The predicted octanol–water partition coefficient (Wildman–Crippen LogP) is 2.18. The minimum absolute atomic E-state index is 0.383. The third-order valence-electron chi connectivity index (χ3n) is 1.61. The van der Waals surface area contributed by atoms with E-state index in [2.05, 4.69) is 9.97 Å². The molecule has 0 unspecified atom stereocenters. The van der Waals surface area contributed by atoms with Gasteiger partial charge in [0.2, 0.25) is 0 Å². The fourth-order valence-electron chi connectivity index (χ4n) is 1.04. The molecule has 0 amide bonds. The quantitative estimate of drug-likeness (QED) is 0.671. The van der Waals surface area contributed by atoms with Crippen LogP contribution in [0.15, 0.2) is 29.1 Å². The summed E-state index contributed by atoms with van der Waals surface area (Å²) in [5.74, 6) is 0.704. The van der Waals surface area contributed by atoms with Gasteiger partial charge in [0.25, 0.3) is 0 Å². The summed E-state index contributed by atoms with van der Waals surface area (Å²) in [6.07, 6.45) is 4.22. The Morgan fingerprint density at radius 1 is 1.31 bits per heavy atom. The van der Waals surface area contributed by atoms with E-state index >= 15 is 0 Å². The Morgan fingerprint density at radius 3 is 2.77 bits per heavy atom. The van der Waals surface area contributed by atoms with Gasteiger partial charge in [-0.15, -0.1) is 0 Å². The molecule has 0 saturated heterocycles. The van der Waals surface area contributed by atoms with E-state index in [-0.39, 0.29) is 5.82 Å². The van der Waals surface area contributed by atoms with Crippen LogP contribution >= 0.6 is 0 Å². The van der Waals surface area contributed by atoms with E-state index < -0.39 is 0 Å². The maximum absolute atomic E-state index is 12.7. The number of aromatic nitrogens is 2. The summed E-state index contributed by atoms with van der Waals surface area (Å²) in [4.78, 5) is 7.61. The number of oxazole rings is 1. The van der Waals surface area contributed by atoms with Crippen molar-refractivity contribution in [1.29, 1.82) is 0 Å². The molecular weight excluding hydrogens is 171 g/mol. The summed E-state index contributed by atoms with van der Waals surface area (Å²) in [5.41, 5.74) is 0.598. The van der Waals surface area contributed by atoms with E-state index in [0.29, 0.717) is 17.2 Å². The normalized spacial score (nSPS) is 10.3. The summed E-state index contributed by atoms with van der Waals surface area (Å²) in [6.45, 7) is 1.73. The lowest BCUT2D eigenvalue weighted by Crippen LogP contribution is -1.80. The molecule has 2 aromatic heterocycles. The maximum atomic E-state index is 12.7. The number of hydrogen-bond acceptors (Lipinski definition) is 3. The summed E-state index contributed by atoms with van der Waals surface area (Å²) < 4.78 is 17.9. The summed E-state index contributed by atoms with van der Waals surface area (Å²) in [7, 11) is 0. The van der Waals surface area contributed by atoms with Gasteiger partial charge >= 0.3 is 0 Å². The first-order valence-corrected chi connectivity index (χ1v) is 3.79. The Bertz CT molecular complexity index is 425. The highest BCUT2D eigenvalue weighted by molar-refractivity contribution is 5.54. The summed E-state index contributed by atoms with van der Waals surface area (Å²) in [5, 5.41) is 0. The minimum atomic E-state index is -0.383. The molecule has 0 N–H and O–H groups in total. The summed E-state index contributed by atoms with van der Waals surface area (Å²) >= 11 is 0. The largest absolute Gasteiger partial charge is 0.441 e. The van der Waals surface area contributed by atoms with Crippen LogP contribution in [0.3, 0.4) is 0 Å². The summed E-state index contributed by atoms with van der Waals surface area (Å²) in [6, 6.07) is 1.35. The van der Waals surface area contributed by atoms with Crippen LogP contribution in [-0.4, -0.2) is 9.97 Å². The molecule has 66 valence electrons. The van der Waals surface area contributed by atoms with Crippen LogP contribution in [-0.2, 0) is 0 Å². The van der Waals surface area contributed by atoms with Gasteiger partial charge in [-0.3, -0.25) is 4.98 Å². The van der Waals surface area contributed by atoms with E-state index in [9.17, 15) is 4.39 Å². The monoisotopic (exact) mass is 178 g/mol. The molecule has 13 heavy (non-hydrogen) atoms. The molecule has 2 rings (SSSR count). The van der Waals surface area contributed by atoms with Gasteiger partial charge in [-0.2, -0.15) is 0 Å². The van der Waals surface area contributed by atoms with E-state index in [0.717, 1.165) is 6.20 Å². The lowest BCUT2D eigenvalue weighted by Gasteiger charge is -1.93. The molecule has 2 aromatic rings. The predicted molar refractivity (Wildman–Crippen MR) is 44.4 cm³/mol. The van der Waals surface area contributed by atoms with Crippen molar-refractivity contribution in [3.8, 4) is 11.3 Å². The standard InChI is InChI=1S/C9H7FN2O/c1-6-12-5-9(13-6)7-2-8(10)4-11-3-7/h2-5H,1H3. The van der Waals surface area contributed by atoms with Gasteiger partial charge in [-0.05, 0) is 6.07 Å². The molecule has 0 aliphatic heterocycles. The molecule has 0 saturated carbocycles. The second-order valence-electron chi connectivity index (χ2n) is 2.64. The third kappa shape index (κ3) is 1.56. The highest BCUT2D eigenvalue weighted by Gasteiger charge is 2.04. The number of aryl methyl sites for hydroxylation is 1. The van der Waals surface area contributed by atoms with E-state index in [4.69, 9.17) is 4.42 Å². The van der Waals surface area contributed by atoms with Crippen molar-refractivity contribution < 1.29 is 8.81 Å². The zero-order chi connectivity index (χ0) is 9.26. The van der Waals surface area contributed by atoms with Gasteiger partial charge in [0.1, 0.15) is 5.82 Å². The zero-order valence-electron chi connectivity index (χ0n) is 6.99. The second-order valence-corrected chi connectivity index (χ2v) is 2.64. The Labute approximate surface area is 74.3 Å². The SMILES string of the molecule is Cc1ncc(-c2cncc(F)c2)o1. The number of rotatable bonds is 1. The molecule has 4 heteroatoms. The molecule has 0 bridgehead atoms. The average Bonchev–Trinajstić information content (AvgIpc) is 2.52. The van der Waals surface area contributed by atoms with E-state index in [1.54, 1.807) is 13.1 Å². The Balaban J connectivity index is 2.46. The van der Waals surface area contributed by atoms with Crippen molar-refractivity contribution in [2.75, 3.05) is 0 Å². The van der Waals surface area contributed by atoms with Crippen molar-refractivity contribution in [2.24, 2.45) is 0 Å². The highest BCUT2D eigenvalue weighted by atomic mass is 19.1. The molecule has 0 fully saturated rings. The number of hydrogen-bond donors (Lipinski definition) is 0. The van der Waals surface area contributed by atoms with E-state index in [1.165, 1.54) is 12.3 Å². The maximum Gasteiger partial charge on any atom is 0.191 e. The van der Waals surface area contributed by atoms with Gasteiger partial charge in [-0.1, -0.05) is 0 Å². The van der Waals surface area contributed by atoms with Crippen molar-refractivity contribution in [3.63, 3.8) is 0 Å². The van der Waals surface area contributed by atoms with Gasteiger partial charge < -0.3 is 4.42 Å². The van der Waals surface area contributed by atoms with E-state index in [1.807, 2.05) is 0 Å². The molecular formula is C9H7FN2O. The third-order valence-corrected chi connectivity index (χ3v) is 1.61. The highest BCUT2D eigenvalue weighted by Crippen LogP contribution is 2.19. The Kier molecular flexibility index (Phi) is 1.81. The van der Waals surface area contributed by atoms with Crippen molar-refractivity contribution in [3.05, 3.63) is 36.4 Å². The molecule has 0 atom stereocenters. The number of pyridine rings is 1. The van der Waals surface area contributed by atoms with Crippen LogP contribution in [0.5, 0.6) is 0 Å². The molecule has 3 nitrogen and oxygen atoms in total. The number of halogens is 1. The van der Waals surface area contributed by atoms with Crippen LogP contribution in [0.2, 0.25) is 0 Å². The molecule has 0 aliphatic rings. The van der Waals surface area contributed by atoms with Crippen LogP contribution in [0.1, 0.15) is 5.89 Å². The first-order valence-electron chi connectivity index (χ1n) is 3.79. The number of nitrogens with zero attached hydrogens (tertiary/aromatic N) is 2. The lowest BCUT2D eigenvalue weighted by molar-refractivity contribution is 0.533. The minimum Gasteiger partial charge on any atom is -0.441 e. The lowest BCUT2D eigenvalue weighted by atomic mass is 10.2. The average molecular weight is 178 g/mol. The molecule has 0 aromatic carbocycles. The van der Waals surface area contributed by atoms with Crippen LogP contribution in [0, 0.1) is 12.7 Å².